The number of hydrogen-bond acceptors (Lipinski definition) is 4. The number of ether oxygens (including phenoxy) is 1. The third kappa shape index (κ3) is 2.51. The van der Waals surface area contributed by atoms with Crippen LogP contribution in [0.4, 0.5) is 4.79 Å². The lowest BCUT2D eigenvalue weighted by Crippen LogP contribution is -2.40. The van der Waals surface area contributed by atoms with E-state index in [-0.39, 0.29) is 12.3 Å². The van der Waals surface area contributed by atoms with Crippen molar-refractivity contribution in [2.24, 2.45) is 5.92 Å². The Morgan fingerprint density at radius 1 is 1.56 bits per heavy atom. The van der Waals surface area contributed by atoms with Crippen molar-refractivity contribution in [3.8, 4) is 6.07 Å². The van der Waals surface area contributed by atoms with Gasteiger partial charge in [-0.05, 0) is 27.7 Å². The smallest absolute Gasteiger partial charge is 0.410 e. The van der Waals surface area contributed by atoms with Crippen molar-refractivity contribution in [3.63, 3.8) is 0 Å². The number of rotatable bonds is 0. The van der Waals surface area contributed by atoms with E-state index in [1.54, 1.807) is 27.7 Å². The SMILES string of the molecule is C[C@@H]1C(=O)C(C#N)CN1C(=O)OC(C)(C)C. The average molecular weight is 224 g/mol. The predicted molar refractivity (Wildman–Crippen MR) is 56.5 cm³/mol. The first kappa shape index (κ1) is 12.5. The van der Waals surface area contributed by atoms with Gasteiger partial charge in [-0.3, -0.25) is 9.69 Å². The zero-order valence-electron chi connectivity index (χ0n) is 9.98. The lowest BCUT2D eigenvalue weighted by molar-refractivity contribution is -0.121. The van der Waals surface area contributed by atoms with Crippen LogP contribution in [0.5, 0.6) is 0 Å². The molecule has 1 rings (SSSR count). The Morgan fingerprint density at radius 3 is 2.50 bits per heavy atom. The van der Waals surface area contributed by atoms with Gasteiger partial charge in [0.2, 0.25) is 0 Å². The number of carbonyl (C=O) groups is 2. The maximum Gasteiger partial charge on any atom is 0.410 e. The molecule has 0 aromatic rings. The van der Waals surface area contributed by atoms with Crippen molar-refractivity contribution in [2.45, 2.75) is 39.3 Å². The molecule has 16 heavy (non-hydrogen) atoms. The molecule has 1 heterocycles. The number of ketones is 1. The highest BCUT2D eigenvalue weighted by Gasteiger charge is 2.41. The first-order valence-corrected chi connectivity index (χ1v) is 5.19. The van der Waals surface area contributed by atoms with E-state index in [1.165, 1.54) is 4.90 Å². The van der Waals surface area contributed by atoms with Crippen LogP contribution in [-0.4, -0.2) is 35.0 Å². The second-order valence-corrected chi connectivity index (χ2v) is 4.89. The first-order valence-electron chi connectivity index (χ1n) is 5.19. The lowest BCUT2D eigenvalue weighted by Gasteiger charge is -2.26. The van der Waals surface area contributed by atoms with Crippen molar-refractivity contribution < 1.29 is 14.3 Å². The van der Waals surface area contributed by atoms with Gasteiger partial charge < -0.3 is 4.74 Å². The summed E-state index contributed by atoms with van der Waals surface area (Å²) in [5.41, 5.74) is -0.593. The number of likely N-dealkylation sites (tertiary alicyclic amines) is 1. The second kappa shape index (κ2) is 4.12. The summed E-state index contributed by atoms with van der Waals surface area (Å²) in [6, 6.07) is 1.32. The quantitative estimate of drug-likeness (QED) is 0.622. The van der Waals surface area contributed by atoms with Crippen molar-refractivity contribution in [1.29, 1.82) is 5.26 Å². The minimum Gasteiger partial charge on any atom is -0.444 e. The topological polar surface area (TPSA) is 70.4 Å². The Kier molecular flexibility index (Phi) is 3.22. The Labute approximate surface area is 95.0 Å². The number of carbonyl (C=O) groups excluding carboxylic acids is 2. The standard InChI is InChI=1S/C11H16N2O3/c1-7-9(14)8(5-12)6-13(7)10(15)16-11(2,3)4/h7-8H,6H2,1-4H3/t7-,8?/m1/s1. The minimum atomic E-state index is -0.720. The molecule has 0 aromatic heterocycles. The average Bonchev–Trinajstić information content (AvgIpc) is 2.41. The Morgan fingerprint density at radius 2 is 2.12 bits per heavy atom. The van der Waals surface area contributed by atoms with Crippen LogP contribution < -0.4 is 0 Å². The van der Waals surface area contributed by atoms with E-state index in [0.717, 1.165) is 0 Å². The van der Waals surface area contributed by atoms with Crippen LogP contribution in [0.3, 0.4) is 0 Å². The fourth-order valence-electron chi connectivity index (χ4n) is 1.55. The molecule has 1 aliphatic rings. The van der Waals surface area contributed by atoms with Crippen LogP contribution in [0.25, 0.3) is 0 Å². The highest BCUT2D eigenvalue weighted by Crippen LogP contribution is 2.21. The molecule has 88 valence electrons. The molecule has 0 N–H and O–H groups in total. The van der Waals surface area contributed by atoms with Gasteiger partial charge in [-0.2, -0.15) is 5.26 Å². The molecule has 0 aromatic carbocycles. The molecule has 1 aliphatic heterocycles. The van der Waals surface area contributed by atoms with Gasteiger partial charge in [-0.25, -0.2) is 4.79 Å². The molecule has 1 saturated heterocycles. The fourth-order valence-corrected chi connectivity index (χ4v) is 1.55. The largest absolute Gasteiger partial charge is 0.444 e. The summed E-state index contributed by atoms with van der Waals surface area (Å²) < 4.78 is 5.16. The maximum absolute atomic E-state index is 11.7. The van der Waals surface area contributed by atoms with E-state index in [2.05, 4.69) is 0 Å². The van der Waals surface area contributed by atoms with Crippen molar-refractivity contribution >= 4 is 11.9 Å². The number of amides is 1. The third-order valence-corrected chi connectivity index (χ3v) is 2.39. The van der Waals surface area contributed by atoms with Crippen LogP contribution >= 0.6 is 0 Å². The van der Waals surface area contributed by atoms with Crippen molar-refractivity contribution in [3.05, 3.63) is 0 Å². The summed E-state index contributed by atoms with van der Waals surface area (Å²) in [7, 11) is 0. The number of Topliss-reactive ketones (excluding diaryl/α,β-unsaturated/α-hetero) is 1. The minimum absolute atomic E-state index is 0.130. The van der Waals surface area contributed by atoms with E-state index >= 15 is 0 Å². The highest BCUT2D eigenvalue weighted by atomic mass is 16.6. The van der Waals surface area contributed by atoms with Gasteiger partial charge in [0.05, 0.1) is 12.1 Å². The molecule has 0 aliphatic carbocycles. The van der Waals surface area contributed by atoms with E-state index in [9.17, 15) is 9.59 Å². The highest BCUT2D eigenvalue weighted by molar-refractivity contribution is 5.94. The van der Waals surface area contributed by atoms with E-state index < -0.39 is 23.7 Å². The lowest BCUT2D eigenvalue weighted by atomic mass is 10.1. The van der Waals surface area contributed by atoms with Crippen molar-refractivity contribution in [2.75, 3.05) is 6.54 Å². The van der Waals surface area contributed by atoms with Crippen molar-refractivity contribution in [1.82, 2.24) is 4.90 Å². The Bertz CT molecular complexity index is 351. The third-order valence-electron chi connectivity index (χ3n) is 2.39. The van der Waals surface area contributed by atoms with E-state index in [4.69, 9.17) is 10.00 Å². The fraction of sp³-hybridized carbons (Fsp3) is 0.727. The Hall–Kier alpha value is -1.57. The zero-order valence-corrected chi connectivity index (χ0v) is 9.98. The van der Waals surface area contributed by atoms with Gasteiger partial charge in [0, 0.05) is 6.54 Å². The van der Waals surface area contributed by atoms with Crippen LogP contribution in [0, 0.1) is 17.2 Å². The molecule has 0 spiro atoms. The predicted octanol–water partition coefficient (Wildman–Crippen LogP) is 1.33. The summed E-state index contributed by atoms with van der Waals surface area (Å²) in [6.07, 6.45) is -0.536. The monoisotopic (exact) mass is 224 g/mol. The van der Waals surface area contributed by atoms with Gasteiger partial charge in [-0.1, -0.05) is 0 Å². The molecule has 1 fully saturated rings. The molecular formula is C11H16N2O3. The van der Waals surface area contributed by atoms with Gasteiger partial charge in [0.25, 0.3) is 0 Å². The molecule has 5 heteroatoms. The van der Waals surface area contributed by atoms with Crippen LogP contribution in [-0.2, 0) is 9.53 Å². The Balaban J connectivity index is 2.73. The summed E-state index contributed by atoms with van der Waals surface area (Å²) >= 11 is 0. The molecule has 0 radical (unpaired) electrons. The molecule has 5 nitrogen and oxygen atoms in total. The molecule has 0 saturated carbocycles. The zero-order chi connectivity index (χ0) is 12.5. The van der Waals surface area contributed by atoms with Crippen LogP contribution in [0.1, 0.15) is 27.7 Å². The molecule has 1 amide bonds. The number of nitrogens with zero attached hydrogens (tertiary/aromatic N) is 2. The summed E-state index contributed by atoms with van der Waals surface area (Å²) in [6.45, 7) is 7.02. The number of hydrogen-bond donors (Lipinski definition) is 0. The normalized spacial score (nSPS) is 25.4. The summed E-state index contributed by atoms with van der Waals surface area (Å²) in [4.78, 5) is 24.6. The van der Waals surface area contributed by atoms with Gasteiger partial charge in [0.15, 0.2) is 5.78 Å². The first-order chi connectivity index (χ1) is 7.26. The summed E-state index contributed by atoms with van der Waals surface area (Å²) in [5.74, 6) is -0.934. The molecular weight excluding hydrogens is 208 g/mol. The molecule has 1 unspecified atom stereocenters. The molecule has 0 bridgehead atoms. The second-order valence-electron chi connectivity index (χ2n) is 4.89. The summed E-state index contributed by atoms with van der Waals surface area (Å²) in [5, 5.41) is 8.74. The molecule has 2 atom stereocenters. The van der Waals surface area contributed by atoms with Gasteiger partial charge in [-0.15, -0.1) is 0 Å². The van der Waals surface area contributed by atoms with Gasteiger partial charge in [0.1, 0.15) is 11.5 Å². The van der Waals surface area contributed by atoms with E-state index in [1.807, 2.05) is 6.07 Å². The van der Waals surface area contributed by atoms with Crippen LogP contribution in [0.15, 0.2) is 0 Å². The van der Waals surface area contributed by atoms with Gasteiger partial charge >= 0.3 is 6.09 Å². The van der Waals surface area contributed by atoms with Crippen LogP contribution in [0.2, 0.25) is 0 Å². The maximum atomic E-state index is 11.7. The van der Waals surface area contributed by atoms with E-state index in [0.29, 0.717) is 0 Å². The number of nitriles is 1.